The lowest BCUT2D eigenvalue weighted by Crippen LogP contribution is -2.50. The van der Waals surface area contributed by atoms with E-state index in [9.17, 15) is 0 Å². The third-order valence-electron chi connectivity index (χ3n) is 2.69. The summed E-state index contributed by atoms with van der Waals surface area (Å²) in [6.07, 6.45) is 2.13. The summed E-state index contributed by atoms with van der Waals surface area (Å²) in [5.41, 5.74) is 7.20. The molecule has 0 heterocycles. The molecule has 15 heavy (non-hydrogen) atoms. The molecule has 1 aromatic carbocycles. The Kier molecular flexibility index (Phi) is 4.79. The molecule has 0 saturated heterocycles. The average molecular weight is 206 g/mol. The molecule has 0 fully saturated rings. The summed E-state index contributed by atoms with van der Waals surface area (Å²) < 4.78 is 0. The molecule has 0 bridgehead atoms. The Balaban J connectivity index is 2.59. The summed E-state index contributed by atoms with van der Waals surface area (Å²) in [7, 11) is 0. The van der Waals surface area contributed by atoms with Crippen LogP contribution in [-0.4, -0.2) is 18.6 Å². The van der Waals surface area contributed by atoms with Gasteiger partial charge in [-0.3, -0.25) is 0 Å². The molecule has 2 nitrogen and oxygen atoms in total. The number of hydrogen-bond acceptors (Lipinski definition) is 2. The highest BCUT2D eigenvalue weighted by molar-refractivity contribution is 5.17. The van der Waals surface area contributed by atoms with Crippen molar-refractivity contribution in [2.75, 3.05) is 13.1 Å². The molecule has 0 aromatic heterocycles. The topological polar surface area (TPSA) is 38.0 Å². The zero-order chi connectivity index (χ0) is 11.1. The molecular formula is C13H22N2. The van der Waals surface area contributed by atoms with Crippen LogP contribution in [0.2, 0.25) is 0 Å². The smallest absolute Gasteiger partial charge is 0.0316 e. The summed E-state index contributed by atoms with van der Waals surface area (Å²) >= 11 is 0. The summed E-state index contributed by atoms with van der Waals surface area (Å²) in [5, 5.41) is 3.52. The van der Waals surface area contributed by atoms with Crippen LogP contribution in [0.5, 0.6) is 0 Å². The highest BCUT2D eigenvalue weighted by Gasteiger charge is 2.21. The van der Waals surface area contributed by atoms with E-state index in [1.807, 2.05) is 6.07 Å². The SMILES string of the molecule is CCCNC(C)(CN)Cc1ccccc1. The average Bonchev–Trinajstić information content (AvgIpc) is 2.28. The number of rotatable bonds is 6. The molecule has 3 N–H and O–H groups in total. The van der Waals surface area contributed by atoms with Gasteiger partial charge >= 0.3 is 0 Å². The summed E-state index contributed by atoms with van der Waals surface area (Å²) in [5.74, 6) is 0. The zero-order valence-electron chi connectivity index (χ0n) is 9.79. The van der Waals surface area contributed by atoms with E-state index in [1.165, 1.54) is 5.56 Å². The van der Waals surface area contributed by atoms with Crippen LogP contribution >= 0.6 is 0 Å². The summed E-state index contributed by atoms with van der Waals surface area (Å²) in [4.78, 5) is 0. The van der Waals surface area contributed by atoms with Crippen LogP contribution in [0, 0.1) is 0 Å². The maximum atomic E-state index is 5.83. The molecular weight excluding hydrogens is 184 g/mol. The molecule has 0 saturated carbocycles. The highest BCUT2D eigenvalue weighted by Crippen LogP contribution is 2.11. The third kappa shape index (κ3) is 4.02. The van der Waals surface area contributed by atoms with E-state index >= 15 is 0 Å². The van der Waals surface area contributed by atoms with Crippen molar-refractivity contribution in [2.24, 2.45) is 5.73 Å². The first kappa shape index (κ1) is 12.2. The molecule has 0 aliphatic heterocycles. The maximum absolute atomic E-state index is 5.83. The van der Waals surface area contributed by atoms with E-state index in [0.717, 1.165) is 19.4 Å². The van der Waals surface area contributed by atoms with Gasteiger partial charge in [-0.15, -0.1) is 0 Å². The fraction of sp³-hybridized carbons (Fsp3) is 0.538. The van der Waals surface area contributed by atoms with Crippen molar-refractivity contribution in [3.8, 4) is 0 Å². The minimum absolute atomic E-state index is 0.0252. The van der Waals surface area contributed by atoms with Crippen molar-refractivity contribution < 1.29 is 0 Å². The third-order valence-corrected chi connectivity index (χ3v) is 2.69. The number of nitrogens with one attached hydrogen (secondary N) is 1. The van der Waals surface area contributed by atoms with Gasteiger partial charge < -0.3 is 11.1 Å². The fourth-order valence-electron chi connectivity index (χ4n) is 1.68. The van der Waals surface area contributed by atoms with Gasteiger partial charge in [0.2, 0.25) is 0 Å². The van der Waals surface area contributed by atoms with E-state index in [2.05, 4.69) is 43.4 Å². The van der Waals surface area contributed by atoms with Gasteiger partial charge in [-0.25, -0.2) is 0 Å². The van der Waals surface area contributed by atoms with Gasteiger partial charge in [0, 0.05) is 12.1 Å². The van der Waals surface area contributed by atoms with E-state index in [1.54, 1.807) is 0 Å². The van der Waals surface area contributed by atoms with Crippen molar-refractivity contribution in [1.82, 2.24) is 5.32 Å². The lowest BCUT2D eigenvalue weighted by molar-refractivity contribution is 0.362. The fourth-order valence-corrected chi connectivity index (χ4v) is 1.68. The van der Waals surface area contributed by atoms with E-state index in [4.69, 9.17) is 5.73 Å². The van der Waals surface area contributed by atoms with Crippen molar-refractivity contribution in [1.29, 1.82) is 0 Å². The molecule has 0 radical (unpaired) electrons. The second kappa shape index (κ2) is 5.89. The maximum Gasteiger partial charge on any atom is 0.0316 e. The molecule has 1 aromatic rings. The number of benzene rings is 1. The molecule has 1 atom stereocenters. The summed E-state index contributed by atoms with van der Waals surface area (Å²) in [6.45, 7) is 6.06. The second-order valence-electron chi connectivity index (χ2n) is 4.35. The molecule has 0 aliphatic carbocycles. The van der Waals surface area contributed by atoms with E-state index < -0.39 is 0 Å². The van der Waals surface area contributed by atoms with Gasteiger partial charge in [-0.1, -0.05) is 37.3 Å². The molecule has 1 rings (SSSR count). The van der Waals surface area contributed by atoms with Gasteiger partial charge in [-0.2, -0.15) is 0 Å². The van der Waals surface area contributed by atoms with Gasteiger partial charge in [0.1, 0.15) is 0 Å². The Morgan fingerprint density at radius 1 is 1.27 bits per heavy atom. The van der Waals surface area contributed by atoms with Crippen LogP contribution < -0.4 is 11.1 Å². The van der Waals surface area contributed by atoms with E-state index in [0.29, 0.717) is 6.54 Å². The Morgan fingerprint density at radius 2 is 1.93 bits per heavy atom. The van der Waals surface area contributed by atoms with Gasteiger partial charge in [-0.05, 0) is 31.9 Å². The van der Waals surface area contributed by atoms with Crippen LogP contribution in [0.25, 0.3) is 0 Å². The second-order valence-corrected chi connectivity index (χ2v) is 4.35. The molecule has 0 amide bonds. The van der Waals surface area contributed by atoms with Gasteiger partial charge in [0.15, 0.2) is 0 Å². The van der Waals surface area contributed by atoms with Crippen molar-refractivity contribution in [3.05, 3.63) is 35.9 Å². The molecule has 84 valence electrons. The Hall–Kier alpha value is -0.860. The van der Waals surface area contributed by atoms with Gasteiger partial charge in [0.05, 0.1) is 0 Å². The molecule has 0 spiro atoms. The van der Waals surface area contributed by atoms with Crippen LogP contribution in [0.15, 0.2) is 30.3 Å². The minimum atomic E-state index is 0.0252. The monoisotopic (exact) mass is 206 g/mol. The minimum Gasteiger partial charge on any atom is -0.329 e. The normalized spacial score (nSPS) is 14.9. The van der Waals surface area contributed by atoms with Crippen LogP contribution in [-0.2, 0) is 6.42 Å². The predicted molar refractivity (Wildman–Crippen MR) is 65.9 cm³/mol. The lowest BCUT2D eigenvalue weighted by atomic mass is 9.93. The number of nitrogens with two attached hydrogens (primary N) is 1. The largest absolute Gasteiger partial charge is 0.329 e. The standard InChI is InChI=1S/C13H22N2/c1-3-9-15-13(2,11-14)10-12-7-5-4-6-8-12/h4-8,15H,3,9-11,14H2,1-2H3. The Bertz CT molecular complexity index is 271. The zero-order valence-corrected chi connectivity index (χ0v) is 9.79. The van der Waals surface area contributed by atoms with Crippen LogP contribution in [0.3, 0.4) is 0 Å². The quantitative estimate of drug-likeness (QED) is 0.746. The van der Waals surface area contributed by atoms with Gasteiger partial charge in [0.25, 0.3) is 0 Å². The molecule has 2 heteroatoms. The first-order chi connectivity index (χ1) is 7.20. The van der Waals surface area contributed by atoms with E-state index in [-0.39, 0.29) is 5.54 Å². The summed E-state index contributed by atoms with van der Waals surface area (Å²) in [6, 6.07) is 10.5. The first-order valence-corrected chi connectivity index (χ1v) is 5.69. The molecule has 0 aliphatic rings. The predicted octanol–water partition coefficient (Wildman–Crippen LogP) is 1.95. The van der Waals surface area contributed by atoms with Crippen molar-refractivity contribution in [2.45, 2.75) is 32.2 Å². The van der Waals surface area contributed by atoms with Crippen molar-refractivity contribution in [3.63, 3.8) is 0 Å². The Labute approximate surface area is 92.9 Å². The lowest BCUT2D eigenvalue weighted by Gasteiger charge is -2.29. The van der Waals surface area contributed by atoms with Crippen LogP contribution in [0.4, 0.5) is 0 Å². The van der Waals surface area contributed by atoms with Crippen LogP contribution in [0.1, 0.15) is 25.8 Å². The Morgan fingerprint density at radius 3 is 2.47 bits per heavy atom. The molecule has 1 unspecified atom stereocenters. The highest BCUT2D eigenvalue weighted by atomic mass is 15.0. The van der Waals surface area contributed by atoms with Crippen molar-refractivity contribution >= 4 is 0 Å². The first-order valence-electron chi connectivity index (χ1n) is 5.69. The number of hydrogen-bond donors (Lipinski definition) is 2.